The van der Waals surface area contributed by atoms with E-state index in [0.29, 0.717) is 0 Å². The first kappa shape index (κ1) is 18.2. The second kappa shape index (κ2) is 6.18. The summed E-state index contributed by atoms with van der Waals surface area (Å²) < 4.78 is 41.2. The minimum Gasteiger partial charge on any atom is -0.338 e. The smallest absolute Gasteiger partial charge is 0.338 e. The molecule has 0 bridgehead atoms. The van der Waals surface area contributed by atoms with Gasteiger partial charge in [0.25, 0.3) is 11.8 Å². The molecule has 4 rings (SSSR count). The average Bonchev–Trinajstić information content (AvgIpc) is 2.92. The number of nitrogens with zero attached hydrogens (tertiary/aromatic N) is 2. The monoisotopic (exact) mass is 392 g/mol. The van der Waals surface area contributed by atoms with Crippen LogP contribution in [0, 0.1) is 0 Å². The molecule has 146 valence electrons. The fourth-order valence-electron chi connectivity index (χ4n) is 3.75. The summed E-state index contributed by atoms with van der Waals surface area (Å²) in [6.07, 6.45) is -3.54. The topological polar surface area (TPSA) is 91.4 Å². The second-order valence-corrected chi connectivity index (χ2v) is 6.84. The third kappa shape index (κ3) is 2.85. The number of imide groups is 1. The maximum absolute atomic E-state index is 13.7. The Morgan fingerprint density at radius 2 is 1.82 bits per heavy atom. The number of hydrogen-bond acceptors (Lipinski definition) is 4. The highest BCUT2D eigenvalue weighted by Crippen LogP contribution is 2.37. The number of halogens is 3. The summed E-state index contributed by atoms with van der Waals surface area (Å²) in [4.78, 5) is 41.5. The summed E-state index contributed by atoms with van der Waals surface area (Å²) in [7, 11) is 0. The molecule has 0 radical (unpaired) electrons. The molecule has 0 aliphatic carbocycles. The molecule has 1 aromatic carbocycles. The molecule has 2 aromatic rings. The highest BCUT2D eigenvalue weighted by Gasteiger charge is 2.49. The number of benzene rings is 1. The molecule has 28 heavy (non-hydrogen) atoms. The van der Waals surface area contributed by atoms with Crippen LogP contribution in [0.1, 0.15) is 28.8 Å². The number of urea groups is 1. The van der Waals surface area contributed by atoms with Gasteiger partial charge in [-0.2, -0.15) is 13.2 Å². The number of hydrogen-bond donors (Lipinski definition) is 2. The van der Waals surface area contributed by atoms with Gasteiger partial charge in [0.1, 0.15) is 5.54 Å². The first-order valence-electron chi connectivity index (χ1n) is 8.59. The van der Waals surface area contributed by atoms with Gasteiger partial charge in [-0.05, 0) is 18.9 Å². The lowest BCUT2D eigenvalue weighted by Crippen LogP contribution is -2.55. The number of carbonyl (C=O) groups excluding carboxylic acids is 3. The molecule has 10 heteroatoms. The van der Waals surface area contributed by atoms with E-state index in [1.807, 2.05) is 0 Å². The van der Waals surface area contributed by atoms with Crippen LogP contribution in [0.5, 0.6) is 0 Å². The molecule has 2 aliphatic rings. The molecular formula is C18H15F3N4O3. The predicted molar refractivity (Wildman–Crippen MR) is 91.3 cm³/mol. The molecular weight excluding hydrogens is 377 g/mol. The lowest BCUT2D eigenvalue weighted by Gasteiger charge is -2.37. The van der Waals surface area contributed by atoms with Crippen molar-refractivity contribution >= 4 is 28.7 Å². The highest BCUT2D eigenvalue weighted by atomic mass is 19.4. The van der Waals surface area contributed by atoms with Crippen molar-refractivity contribution in [3.8, 4) is 0 Å². The van der Waals surface area contributed by atoms with E-state index in [1.165, 1.54) is 23.1 Å². The van der Waals surface area contributed by atoms with Gasteiger partial charge < -0.3 is 10.2 Å². The fraction of sp³-hybridized carbons (Fsp3) is 0.333. The normalized spacial score (nSPS) is 19.0. The van der Waals surface area contributed by atoms with Crippen molar-refractivity contribution in [2.45, 2.75) is 24.6 Å². The van der Waals surface area contributed by atoms with Gasteiger partial charge in [0.2, 0.25) is 0 Å². The van der Waals surface area contributed by atoms with E-state index in [-0.39, 0.29) is 36.8 Å². The lowest BCUT2D eigenvalue weighted by atomic mass is 9.87. The molecule has 3 heterocycles. The fourth-order valence-corrected chi connectivity index (χ4v) is 3.75. The van der Waals surface area contributed by atoms with Gasteiger partial charge in [-0.15, -0.1) is 0 Å². The number of nitrogens with one attached hydrogen (secondary N) is 2. The Morgan fingerprint density at radius 3 is 2.43 bits per heavy atom. The number of alkyl halides is 3. The van der Waals surface area contributed by atoms with Crippen LogP contribution in [0.3, 0.4) is 0 Å². The molecule has 1 spiro atoms. The van der Waals surface area contributed by atoms with Gasteiger partial charge >= 0.3 is 12.2 Å². The number of para-hydroxylation sites is 1. The second-order valence-electron chi connectivity index (χ2n) is 6.84. The Hall–Kier alpha value is -3.17. The average molecular weight is 392 g/mol. The number of amides is 4. The molecule has 2 N–H and O–H groups in total. The van der Waals surface area contributed by atoms with E-state index in [4.69, 9.17) is 0 Å². The Morgan fingerprint density at radius 1 is 1.14 bits per heavy atom. The third-order valence-electron chi connectivity index (χ3n) is 5.21. The van der Waals surface area contributed by atoms with Crippen molar-refractivity contribution in [1.29, 1.82) is 0 Å². The Balaban J connectivity index is 1.65. The number of carbonyl (C=O) groups is 3. The van der Waals surface area contributed by atoms with Crippen LogP contribution in [-0.4, -0.2) is 46.4 Å². The van der Waals surface area contributed by atoms with Crippen molar-refractivity contribution in [3.05, 3.63) is 41.6 Å². The Kier molecular flexibility index (Phi) is 4.02. The van der Waals surface area contributed by atoms with E-state index in [1.54, 1.807) is 6.07 Å². The van der Waals surface area contributed by atoms with E-state index in [0.717, 1.165) is 6.20 Å². The van der Waals surface area contributed by atoms with Crippen LogP contribution < -0.4 is 10.6 Å². The van der Waals surface area contributed by atoms with Gasteiger partial charge in [0.05, 0.1) is 16.6 Å². The summed E-state index contributed by atoms with van der Waals surface area (Å²) in [6.45, 7) is 0.0767. The van der Waals surface area contributed by atoms with Gasteiger partial charge in [-0.3, -0.25) is 19.9 Å². The van der Waals surface area contributed by atoms with Crippen LogP contribution in [0.2, 0.25) is 0 Å². The van der Waals surface area contributed by atoms with E-state index in [9.17, 15) is 27.6 Å². The minimum absolute atomic E-state index is 0.0384. The summed E-state index contributed by atoms with van der Waals surface area (Å²) in [5.41, 5.74) is -2.51. The molecule has 2 aliphatic heterocycles. The highest BCUT2D eigenvalue weighted by molar-refractivity contribution is 6.07. The third-order valence-corrected chi connectivity index (χ3v) is 5.21. The first-order valence-corrected chi connectivity index (χ1v) is 8.59. The van der Waals surface area contributed by atoms with Crippen LogP contribution in [-0.2, 0) is 11.0 Å². The number of likely N-dealkylation sites (tertiary alicyclic amines) is 1. The quantitative estimate of drug-likeness (QED) is 0.727. The van der Waals surface area contributed by atoms with Crippen molar-refractivity contribution in [3.63, 3.8) is 0 Å². The summed E-state index contributed by atoms with van der Waals surface area (Å²) in [5, 5.41) is 4.56. The number of rotatable bonds is 1. The zero-order valence-corrected chi connectivity index (χ0v) is 14.5. The van der Waals surface area contributed by atoms with Crippen LogP contribution >= 0.6 is 0 Å². The lowest BCUT2D eigenvalue weighted by molar-refractivity contribution is -0.136. The van der Waals surface area contributed by atoms with Crippen LogP contribution in [0.15, 0.2) is 30.5 Å². The van der Waals surface area contributed by atoms with Gasteiger partial charge in [0, 0.05) is 24.7 Å². The van der Waals surface area contributed by atoms with Crippen molar-refractivity contribution in [1.82, 2.24) is 20.5 Å². The first-order chi connectivity index (χ1) is 13.2. The molecule has 4 amide bonds. The van der Waals surface area contributed by atoms with E-state index in [2.05, 4.69) is 15.6 Å². The van der Waals surface area contributed by atoms with Crippen LogP contribution in [0.25, 0.3) is 10.9 Å². The van der Waals surface area contributed by atoms with E-state index >= 15 is 0 Å². The van der Waals surface area contributed by atoms with Crippen molar-refractivity contribution < 1.29 is 27.6 Å². The van der Waals surface area contributed by atoms with Crippen LogP contribution in [0.4, 0.5) is 18.0 Å². The number of fused-ring (bicyclic) bond motifs is 1. The van der Waals surface area contributed by atoms with Gasteiger partial charge in [-0.1, -0.05) is 18.2 Å². The number of aromatic nitrogens is 1. The molecule has 2 saturated heterocycles. The largest absolute Gasteiger partial charge is 0.417 e. The number of piperidine rings is 1. The molecule has 0 unspecified atom stereocenters. The maximum Gasteiger partial charge on any atom is 0.417 e. The standard InChI is InChI=1S/C18H15F3N4O3/c19-18(20,21)13-10-3-1-2-4-12(10)22-9-11(13)14(26)25-7-5-17(6-8-25)15(27)23-16(28)24-17/h1-4,9H,5-8H2,(H2,23,24,27,28). The van der Waals surface area contributed by atoms with Gasteiger partial charge in [0.15, 0.2) is 0 Å². The SMILES string of the molecule is O=C1NC(=O)C2(CCN(C(=O)c3cnc4ccccc4c3C(F)(F)F)CC2)N1. The zero-order valence-electron chi connectivity index (χ0n) is 14.5. The maximum atomic E-state index is 13.7. The molecule has 7 nitrogen and oxygen atoms in total. The van der Waals surface area contributed by atoms with Gasteiger partial charge in [-0.25, -0.2) is 4.79 Å². The summed E-state index contributed by atoms with van der Waals surface area (Å²) in [5.74, 6) is -1.28. The van der Waals surface area contributed by atoms with Crippen molar-refractivity contribution in [2.75, 3.05) is 13.1 Å². The summed E-state index contributed by atoms with van der Waals surface area (Å²) in [6, 6.07) is 5.15. The molecule has 0 saturated carbocycles. The summed E-state index contributed by atoms with van der Waals surface area (Å²) >= 11 is 0. The Labute approximate surface area is 156 Å². The zero-order chi connectivity index (χ0) is 20.1. The number of pyridine rings is 1. The Bertz CT molecular complexity index is 997. The molecule has 0 atom stereocenters. The predicted octanol–water partition coefficient (Wildman–Crippen LogP) is 2.07. The minimum atomic E-state index is -4.73. The van der Waals surface area contributed by atoms with E-state index < -0.39 is 40.7 Å². The van der Waals surface area contributed by atoms with Crippen molar-refractivity contribution in [2.24, 2.45) is 0 Å². The molecule has 2 fully saturated rings. The molecule has 1 aromatic heterocycles.